The van der Waals surface area contributed by atoms with Crippen LogP contribution in [0.1, 0.15) is 27.2 Å². The number of carboxylic acids is 1. The number of alkyl halides is 3. The lowest BCUT2D eigenvalue weighted by molar-refractivity contribution is -0.671. The summed E-state index contributed by atoms with van der Waals surface area (Å²) in [6, 6.07) is 21.0. The summed E-state index contributed by atoms with van der Waals surface area (Å²) in [5.41, 5.74) is 9.57. The van der Waals surface area contributed by atoms with Crippen molar-refractivity contribution in [2.24, 2.45) is 12.8 Å². The molecule has 39 heavy (non-hydrogen) atoms. The van der Waals surface area contributed by atoms with Crippen LogP contribution in [0.5, 0.6) is 0 Å². The highest BCUT2D eigenvalue weighted by Gasteiger charge is 2.28. The molecule has 2 aromatic heterocycles. The molecule has 2 aromatic carbocycles. The van der Waals surface area contributed by atoms with Gasteiger partial charge >= 0.3 is 6.18 Å². The Morgan fingerprint density at radius 1 is 1.08 bits per heavy atom. The maximum absolute atomic E-state index is 13.0. The van der Waals surface area contributed by atoms with Gasteiger partial charge in [0.15, 0.2) is 12.4 Å². The molecular formula is C28H24F3N5O3. The normalized spacial score (nSPS) is 10.6. The molecule has 11 heteroatoms. The Balaban J connectivity index is 0.000000532. The number of halogens is 3. The molecule has 0 aliphatic carbocycles. The molecule has 0 atom stereocenters. The van der Waals surface area contributed by atoms with Crippen molar-refractivity contribution in [3.63, 3.8) is 0 Å². The topological polar surface area (TPSA) is 128 Å². The van der Waals surface area contributed by atoms with Gasteiger partial charge in [0, 0.05) is 40.7 Å². The molecule has 4 rings (SSSR count). The average Bonchev–Trinajstić information content (AvgIpc) is 3.27. The maximum Gasteiger partial charge on any atom is 0.430 e. The predicted molar refractivity (Wildman–Crippen MR) is 136 cm³/mol. The zero-order valence-electron chi connectivity index (χ0n) is 20.8. The highest BCUT2D eigenvalue weighted by Crippen LogP contribution is 2.20. The summed E-state index contributed by atoms with van der Waals surface area (Å²) in [6.07, 6.45) is -1.28. The van der Waals surface area contributed by atoms with Crippen LogP contribution in [-0.2, 0) is 24.9 Å². The minimum atomic E-state index is -5.19. The summed E-state index contributed by atoms with van der Waals surface area (Å²) in [5.74, 6) is 3.18. The number of hydrogen-bond acceptors (Lipinski definition) is 4. The number of aromatic nitrogens is 2. The van der Waals surface area contributed by atoms with E-state index >= 15 is 0 Å². The number of nitrogens with two attached hydrogens (primary N) is 1. The number of aliphatic carboxylic acids is 1. The van der Waals surface area contributed by atoms with E-state index in [2.05, 4.69) is 17.2 Å². The predicted octanol–water partition coefficient (Wildman–Crippen LogP) is 2.03. The number of amidine groups is 1. The van der Waals surface area contributed by atoms with Crippen LogP contribution in [0.25, 0.3) is 10.9 Å². The molecule has 4 N–H and O–H groups in total. The first-order chi connectivity index (χ1) is 18.5. The minimum absolute atomic E-state index is 0.0309. The van der Waals surface area contributed by atoms with E-state index in [9.17, 15) is 18.0 Å². The lowest BCUT2D eigenvalue weighted by Crippen LogP contribution is -2.37. The van der Waals surface area contributed by atoms with Gasteiger partial charge < -0.3 is 25.5 Å². The quantitative estimate of drug-likeness (QED) is 0.156. The van der Waals surface area contributed by atoms with Crippen molar-refractivity contribution in [3.05, 3.63) is 102 Å². The fourth-order valence-electron chi connectivity index (χ4n) is 3.45. The highest BCUT2D eigenvalue weighted by atomic mass is 19.4. The number of carboxylic acid groups (broad SMARTS) is 1. The molecule has 4 aromatic rings. The maximum atomic E-state index is 13.0. The lowest BCUT2D eigenvalue weighted by atomic mass is 10.1. The number of aryl methyl sites for hydroxylation is 1. The van der Waals surface area contributed by atoms with E-state index < -0.39 is 12.1 Å². The van der Waals surface area contributed by atoms with Gasteiger partial charge in [-0.15, -0.1) is 0 Å². The van der Waals surface area contributed by atoms with Crippen LogP contribution in [-0.4, -0.2) is 28.5 Å². The van der Waals surface area contributed by atoms with Gasteiger partial charge in [-0.2, -0.15) is 13.2 Å². The molecule has 0 saturated carbocycles. The third-order valence-corrected chi connectivity index (χ3v) is 5.44. The van der Waals surface area contributed by atoms with Crippen LogP contribution in [0.3, 0.4) is 0 Å². The molecule has 0 unspecified atom stereocenters. The number of nitrogens with one attached hydrogen (secondary N) is 2. The second kappa shape index (κ2) is 12.4. The third-order valence-electron chi connectivity index (χ3n) is 5.44. The first-order valence-electron chi connectivity index (χ1n) is 11.5. The Morgan fingerprint density at radius 3 is 2.28 bits per heavy atom. The Morgan fingerprint density at radius 2 is 1.69 bits per heavy atom. The van der Waals surface area contributed by atoms with Crippen molar-refractivity contribution in [2.45, 2.75) is 19.3 Å². The molecule has 0 bridgehead atoms. The molecule has 0 aliphatic rings. The van der Waals surface area contributed by atoms with Gasteiger partial charge in [0.25, 0.3) is 5.91 Å². The van der Waals surface area contributed by atoms with Gasteiger partial charge in [-0.3, -0.25) is 10.2 Å². The molecule has 0 saturated heterocycles. The van der Waals surface area contributed by atoms with Crippen LogP contribution in [0.15, 0.2) is 79.1 Å². The third kappa shape index (κ3) is 7.93. The molecule has 0 fully saturated rings. The monoisotopic (exact) mass is 535 g/mol. The number of rotatable bonds is 5. The van der Waals surface area contributed by atoms with Gasteiger partial charge in [0.05, 0.1) is 6.54 Å². The van der Waals surface area contributed by atoms with Crippen LogP contribution in [0, 0.1) is 17.3 Å². The molecule has 0 radical (unpaired) electrons. The van der Waals surface area contributed by atoms with E-state index in [0.717, 1.165) is 22.0 Å². The first kappa shape index (κ1) is 28.5. The summed E-state index contributed by atoms with van der Waals surface area (Å²) in [7, 11) is 1.96. The fourth-order valence-corrected chi connectivity index (χ4v) is 3.45. The van der Waals surface area contributed by atoms with Crippen molar-refractivity contribution in [2.75, 3.05) is 0 Å². The average molecular weight is 536 g/mol. The van der Waals surface area contributed by atoms with Crippen molar-refractivity contribution >= 4 is 28.6 Å². The summed E-state index contributed by atoms with van der Waals surface area (Å²) < 4.78 is 35.4. The largest absolute Gasteiger partial charge is 0.542 e. The Labute approximate surface area is 222 Å². The van der Waals surface area contributed by atoms with Crippen molar-refractivity contribution < 1.29 is 32.4 Å². The van der Waals surface area contributed by atoms with Gasteiger partial charge in [0.2, 0.25) is 0 Å². The standard InChI is InChI=1S/C26H23N5O.C2HF3O2/c1-30-15-12-20(13-16-30)18-29-26(32)24-17-22-6-2-3-7-23(22)31(24)14-4-5-19-8-10-21(11-9-19)25(27)28;3-2(4,5)1(6)7/h2-3,6-13,15-17H,14,18H2,1H3,(H3-,27,28,29,32);(H,6,7). The molecule has 0 aliphatic heterocycles. The number of fused-ring (bicyclic) bond motifs is 1. The first-order valence-corrected chi connectivity index (χ1v) is 11.5. The number of amides is 1. The number of hydrogen-bond donors (Lipinski definition) is 3. The van der Waals surface area contributed by atoms with Crippen LogP contribution in [0.2, 0.25) is 0 Å². The zero-order valence-corrected chi connectivity index (χ0v) is 20.8. The zero-order chi connectivity index (χ0) is 28.6. The summed E-state index contributed by atoms with van der Waals surface area (Å²) in [6.45, 7) is 0.835. The number of nitrogens with zero attached hydrogens (tertiary/aromatic N) is 2. The Hall–Kier alpha value is -5.11. The van der Waals surface area contributed by atoms with Crippen LogP contribution in [0.4, 0.5) is 13.2 Å². The second-order valence-electron chi connectivity index (χ2n) is 8.31. The van der Waals surface area contributed by atoms with E-state index in [0.29, 0.717) is 24.3 Å². The molecule has 200 valence electrons. The summed E-state index contributed by atoms with van der Waals surface area (Å²) in [5, 5.41) is 20.3. The van der Waals surface area contributed by atoms with Gasteiger partial charge in [-0.25, -0.2) is 4.57 Å². The van der Waals surface area contributed by atoms with Gasteiger partial charge in [-0.1, -0.05) is 42.2 Å². The smallest absolute Gasteiger partial charge is 0.430 e. The van der Waals surface area contributed by atoms with E-state index in [1.165, 1.54) is 0 Å². The molecule has 8 nitrogen and oxygen atoms in total. The second-order valence-corrected chi connectivity index (χ2v) is 8.31. The van der Waals surface area contributed by atoms with E-state index in [4.69, 9.17) is 21.0 Å². The molecule has 0 spiro atoms. The van der Waals surface area contributed by atoms with Gasteiger partial charge in [-0.05, 0) is 29.8 Å². The van der Waals surface area contributed by atoms with Crippen LogP contribution < -0.4 is 20.7 Å². The Kier molecular flexibility index (Phi) is 9.07. The number of carbonyl (C=O) groups is 2. The van der Waals surface area contributed by atoms with Crippen molar-refractivity contribution in [1.82, 2.24) is 9.88 Å². The van der Waals surface area contributed by atoms with E-state index in [-0.39, 0.29) is 11.7 Å². The number of carbonyl (C=O) groups excluding carboxylic acids is 2. The number of benzene rings is 2. The number of para-hydroxylation sites is 1. The van der Waals surface area contributed by atoms with E-state index in [1.807, 2.05) is 83.2 Å². The molecule has 2 heterocycles. The van der Waals surface area contributed by atoms with E-state index in [1.54, 1.807) is 12.1 Å². The van der Waals surface area contributed by atoms with Crippen molar-refractivity contribution in [1.29, 1.82) is 5.41 Å². The lowest BCUT2D eigenvalue weighted by Gasteiger charge is -2.08. The molecule has 1 amide bonds. The summed E-state index contributed by atoms with van der Waals surface area (Å²) in [4.78, 5) is 21.8. The number of pyridine rings is 1. The van der Waals surface area contributed by atoms with Crippen LogP contribution >= 0.6 is 0 Å². The Bertz CT molecular complexity index is 1550. The SMILES string of the molecule is C[n+]1ccc(CNC(=O)c2cc3ccccc3n2CC#Cc2ccc(C(=N)N)cc2)cc1.O=C([O-])C(F)(F)F. The van der Waals surface area contributed by atoms with Gasteiger partial charge in [0.1, 0.15) is 24.5 Å². The fraction of sp³-hybridized carbons (Fsp3) is 0.143. The molecular weight excluding hydrogens is 511 g/mol. The highest BCUT2D eigenvalue weighted by molar-refractivity contribution is 5.98. The summed E-state index contributed by atoms with van der Waals surface area (Å²) >= 11 is 0. The minimum Gasteiger partial charge on any atom is -0.542 e. The number of nitrogen functional groups attached to an aromatic ring is 1. The van der Waals surface area contributed by atoms with Crippen molar-refractivity contribution in [3.8, 4) is 11.8 Å².